The van der Waals surface area contributed by atoms with Crippen molar-refractivity contribution in [3.05, 3.63) is 46.6 Å². The minimum atomic E-state index is -5.01. The molecule has 2 rings (SSSR count). The van der Waals surface area contributed by atoms with Gasteiger partial charge in [-0.05, 0) is 19.1 Å². The van der Waals surface area contributed by atoms with Gasteiger partial charge < -0.3 is 5.11 Å². The molecule has 1 aliphatic heterocycles. The Balaban J connectivity index is 2.46. The molecule has 2 N–H and O–H groups in total. The SMILES string of the molecule is CC=C1CC(O)(C(F)(F)F)N(C(=O)c2ccccc2Cl)N1. The van der Waals surface area contributed by atoms with Crippen LogP contribution in [0.25, 0.3) is 0 Å². The van der Waals surface area contributed by atoms with Crippen LogP contribution in [0.2, 0.25) is 5.02 Å². The highest BCUT2D eigenvalue weighted by molar-refractivity contribution is 6.33. The van der Waals surface area contributed by atoms with E-state index in [1.807, 2.05) is 0 Å². The van der Waals surface area contributed by atoms with Crippen molar-refractivity contribution in [2.45, 2.75) is 25.2 Å². The number of carbonyl (C=O) groups excluding carboxylic acids is 1. The van der Waals surface area contributed by atoms with Gasteiger partial charge in [-0.1, -0.05) is 29.8 Å². The van der Waals surface area contributed by atoms with Crippen LogP contribution in [0.4, 0.5) is 13.2 Å². The molecule has 0 radical (unpaired) electrons. The number of alkyl halides is 3. The van der Waals surface area contributed by atoms with Gasteiger partial charge in [-0.25, -0.2) is 5.01 Å². The number of benzene rings is 1. The number of halogens is 4. The molecule has 114 valence electrons. The lowest BCUT2D eigenvalue weighted by Crippen LogP contribution is -2.59. The predicted molar refractivity (Wildman–Crippen MR) is 70.1 cm³/mol. The molecular formula is C13H12ClF3N2O2. The zero-order valence-electron chi connectivity index (χ0n) is 10.9. The first kappa shape index (κ1) is 15.7. The fourth-order valence-electron chi connectivity index (χ4n) is 1.99. The second-order valence-corrected chi connectivity index (χ2v) is 4.94. The Kier molecular flexibility index (Phi) is 3.90. The molecule has 8 heteroatoms. The highest BCUT2D eigenvalue weighted by Gasteiger charge is 2.63. The number of rotatable bonds is 1. The molecule has 21 heavy (non-hydrogen) atoms. The molecule has 1 aromatic carbocycles. The van der Waals surface area contributed by atoms with Crippen molar-refractivity contribution in [3.63, 3.8) is 0 Å². The third kappa shape index (κ3) is 2.58. The van der Waals surface area contributed by atoms with Crippen molar-refractivity contribution in [1.29, 1.82) is 0 Å². The van der Waals surface area contributed by atoms with E-state index >= 15 is 0 Å². The van der Waals surface area contributed by atoms with Gasteiger partial charge in [0.2, 0.25) is 0 Å². The monoisotopic (exact) mass is 320 g/mol. The van der Waals surface area contributed by atoms with Crippen LogP contribution < -0.4 is 5.43 Å². The smallest absolute Gasteiger partial charge is 0.362 e. The van der Waals surface area contributed by atoms with Crippen molar-refractivity contribution in [1.82, 2.24) is 10.4 Å². The zero-order chi connectivity index (χ0) is 15.8. The number of amides is 1. The van der Waals surface area contributed by atoms with Crippen molar-refractivity contribution in [2.75, 3.05) is 0 Å². The minimum absolute atomic E-state index is 0.00255. The summed E-state index contributed by atoms with van der Waals surface area (Å²) in [6.07, 6.45) is -4.42. The van der Waals surface area contributed by atoms with Gasteiger partial charge in [0, 0.05) is 12.1 Å². The molecule has 1 amide bonds. The Hall–Kier alpha value is -1.73. The summed E-state index contributed by atoms with van der Waals surface area (Å²) in [6, 6.07) is 5.69. The lowest BCUT2D eigenvalue weighted by molar-refractivity contribution is -0.299. The zero-order valence-corrected chi connectivity index (χ0v) is 11.7. The fraction of sp³-hybridized carbons (Fsp3) is 0.308. The molecule has 1 aromatic rings. The Morgan fingerprint density at radius 2 is 2.10 bits per heavy atom. The number of hydrazine groups is 1. The summed E-state index contributed by atoms with van der Waals surface area (Å²) >= 11 is 5.82. The molecule has 0 bridgehead atoms. The van der Waals surface area contributed by atoms with E-state index in [4.69, 9.17) is 11.6 Å². The number of hydrogen-bond donors (Lipinski definition) is 2. The van der Waals surface area contributed by atoms with Crippen molar-refractivity contribution in [2.24, 2.45) is 0 Å². The number of nitrogens with zero attached hydrogens (tertiary/aromatic N) is 1. The van der Waals surface area contributed by atoms with E-state index in [-0.39, 0.29) is 21.3 Å². The average Bonchev–Trinajstić information content (AvgIpc) is 2.77. The van der Waals surface area contributed by atoms with Crippen LogP contribution in [0, 0.1) is 0 Å². The van der Waals surface area contributed by atoms with Crippen LogP contribution in [0.15, 0.2) is 36.0 Å². The van der Waals surface area contributed by atoms with Crippen molar-refractivity contribution < 1.29 is 23.1 Å². The lowest BCUT2D eigenvalue weighted by Gasteiger charge is -2.33. The molecule has 0 spiro atoms. The van der Waals surface area contributed by atoms with E-state index in [1.165, 1.54) is 31.2 Å². The second-order valence-electron chi connectivity index (χ2n) is 4.54. The average molecular weight is 321 g/mol. The van der Waals surface area contributed by atoms with E-state index in [2.05, 4.69) is 5.43 Å². The van der Waals surface area contributed by atoms with Crippen LogP contribution in [-0.2, 0) is 0 Å². The quantitative estimate of drug-likeness (QED) is 0.836. The van der Waals surface area contributed by atoms with Crippen LogP contribution in [-0.4, -0.2) is 27.9 Å². The topological polar surface area (TPSA) is 52.6 Å². The molecule has 0 aliphatic carbocycles. The van der Waals surface area contributed by atoms with Gasteiger partial charge in [-0.3, -0.25) is 10.2 Å². The van der Waals surface area contributed by atoms with Gasteiger partial charge in [-0.2, -0.15) is 13.2 Å². The van der Waals surface area contributed by atoms with Crippen LogP contribution in [0.5, 0.6) is 0 Å². The first-order chi connectivity index (χ1) is 9.70. The highest BCUT2D eigenvalue weighted by atomic mass is 35.5. The molecular weight excluding hydrogens is 309 g/mol. The second kappa shape index (κ2) is 5.23. The van der Waals surface area contributed by atoms with Crippen LogP contribution in [0.3, 0.4) is 0 Å². The van der Waals surface area contributed by atoms with E-state index < -0.39 is 24.2 Å². The van der Waals surface area contributed by atoms with Gasteiger partial charge >= 0.3 is 6.18 Å². The molecule has 4 nitrogen and oxygen atoms in total. The summed E-state index contributed by atoms with van der Waals surface area (Å²) in [5.74, 6) is -1.06. The Labute approximate surface area is 123 Å². The largest absolute Gasteiger partial charge is 0.438 e. The summed E-state index contributed by atoms with van der Waals surface area (Å²) in [6.45, 7) is 1.50. The molecule has 1 heterocycles. The number of allylic oxidation sites excluding steroid dienone is 1. The number of hydrogen-bond acceptors (Lipinski definition) is 3. The van der Waals surface area contributed by atoms with E-state index in [1.54, 1.807) is 6.07 Å². The van der Waals surface area contributed by atoms with Crippen LogP contribution >= 0.6 is 11.6 Å². The maximum absolute atomic E-state index is 13.1. The maximum atomic E-state index is 13.1. The summed E-state index contributed by atoms with van der Waals surface area (Å²) in [4.78, 5) is 12.3. The van der Waals surface area contributed by atoms with Crippen LogP contribution in [0.1, 0.15) is 23.7 Å². The maximum Gasteiger partial charge on any atom is 0.438 e. The Bertz CT molecular complexity index is 603. The third-order valence-corrected chi connectivity index (χ3v) is 3.50. The molecule has 1 fully saturated rings. The first-order valence-electron chi connectivity index (χ1n) is 6.00. The summed E-state index contributed by atoms with van der Waals surface area (Å²) < 4.78 is 39.4. The van der Waals surface area contributed by atoms with Gasteiger partial charge in [0.05, 0.1) is 10.6 Å². The molecule has 1 unspecified atom stereocenters. The molecule has 0 aromatic heterocycles. The van der Waals surface area contributed by atoms with Crippen molar-refractivity contribution >= 4 is 17.5 Å². The molecule has 1 atom stereocenters. The summed E-state index contributed by atoms with van der Waals surface area (Å²) in [5, 5.41) is 10.1. The van der Waals surface area contributed by atoms with E-state index in [0.717, 1.165) is 0 Å². The number of nitrogens with one attached hydrogen (secondary N) is 1. The van der Waals surface area contributed by atoms with E-state index in [0.29, 0.717) is 0 Å². The highest BCUT2D eigenvalue weighted by Crippen LogP contribution is 2.41. The summed E-state index contributed by atoms with van der Waals surface area (Å²) in [5.41, 5.74) is -1.07. The molecule has 0 saturated carbocycles. The lowest BCUT2D eigenvalue weighted by atomic mass is 10.1. The van der Waals surface area contributed by atoms with E-state index in [9.17, 15) is 23.1 Å². The molecule has 1 aliphatic rings. The standard InChI is InChI=1S/C13H12ClF3N2O2/c1-2-8-7-12(21,13(15,16)17)19(18-8)11(20)9-5-3-4-6-10(9)14/h2-6,18,21H,7H2,1H3. The number of aliphatic hydroxyl groups is 1. The van der Waals surface area contributed by atoms with Gasteiger partial charge in [-0.15, -0.1) is 0 Å². The third-order valence-electron chi connectivity index (χ3n) is 3.17. The Morgan fingerprint density at radius 3 is 2.62 bits per heavy atom. The fourth-order valence-corrected chi connectivity index (χ4v) is 2.20. The first-order valence-corrected chi connectivity index (χ1v) is 6.38. The summed E-state index contributed by atoms with van der Waals surface area (Å²) in [7, 11) is 0. The van der Waals surface area contributed by atoms with Gasteiger partial charge in [0.25, 0.3) is 11.6 Å². The normalized spacial score (nSPS) is 24.3. The van der Waals surface area contributed by atoms with Gasteiger partial charge in [0.15, 0.2) is 0 Å². The minimum Gasteiger partial charge on any atom is -0.362 e. The van der Waals surface area contributed by atoms with Crippen molar-refractivity contribution in [3.8, 4) is 0 Å². The number of carbonyl (C=O) groups is 1. The van der Waals surface area contributed by atoms with Gasteiger partial charge in [0.1, 0.15) is 0 Å². The molecule has 1 saturated heterocycles. The predicted octanol–water partition coefficient (Wildman–Crippen LogP) is 2.85. The Morgan fingerprint density at radius 1 is 1.48 bits per heavy atom.